The van der Waals surface area contributed by atoms with Crippen LogP contribution in [-0.2, 0) is 12.8 Å². The molecule has 1 aliphatic carbocycles. The van der Waals surface area contributed by atoms with E-state index in [0.717, 1.165) is 17.7 Å². The van der Waals surface area contributed by atoms with Gasteiger partial charge in [-0.15, -0.1) is 11.3 Å². The molecule has 1 amide bonds. The Morgan fingerprint density at radius 2 is 2.32 bits per heavy atom. The molecule has 0 atom stereocenters. The largest absolute Gasteiger partial charge is 0.409 e. The van der Waals surface area contributed by atoms with Gasteiger partial charge in [0.05, 0.1) is 11.4 Å². The van der Waals surface area contributed by atoms with E-state index in [2.05, 4.69) is 5.16 Å². The molecule has 0 bridgehead atoms. The first-order valence-corrected chi connectivity index (χ1v) is 7.23. The molecule has 1 heterocycles. The molecular formula is C13H19N3O2S. The van der Waals surface area contributed by atoms with Crippen molar-refractivity contribution in [3.63, 3.8) is 0 Å². The number of carbonyl (C=O) groups is 1. The summed E-state index contributed by atoms with van der Waals surface area (Å²) in [5, 5.41) is 11.6. The Bertz CT molecular complexity index is 486. The van der Waals surface area contributed by atoms with Gasteiger partial charge in [-0.3, -0.25) is 4.79 Å². The molecule has 3 N–H and O–H groups in total. The molecule has 1 aromatic rings. The SMILES string of the molecule is CC(C)N(CC(N)=NO)C(=O)c1cc2c(s1)CCC2. The van der Waals surface area contributed by atoms with Gasteiger partial charge in [0, 0.05) is 10.9 Å². The number of hydrogen-bond acceptors (Lipinski definition) is 4. The summed E-state index contributed by atoms with van der Waals surface area (Å²) in [6.07, 6.45) is 3.34. The topological polar surface area (TPSA) is 78.9 Å². The molecule has 0 saturated carbocycles. The van der Waals surface area contributed by atoms with Crippen LogP contribution in [0, 0.1) is 0 Å². The van der Waals surface area contributed by atoms with Crippen molar-refractivity contribution in [2.24, 2.45) is 10.9 Å². The van der Waals surface area contributed by atoms with E-state index >= 15 is 0 Å². The van der Waals surface area contributed by atoms with Crippen molar-refractivity contribution in [3.05, 3.63) is 21.4 Å². The summed E-state index contributed by atoms with van der Waals surface area (Å²) >= 11 is 1.58. The highest BCUT2D eigenvalue weighted by molar-refractivity contribution is 7.14. The number of hydrogen-bond donors (Lipinski definition) is 2. The molecule has 5 nitrogen and oxygen atoms in total. The fourth-order valence-corrected chi connectivity index (χ4v) is 3.48. The van der Waals surface area contributed by atoms with Gasteiger partial charge >= 0.3 is 0 Å². The Kier molecular flexibility index (Phi) is 4.09. The van der Waals surface area contributed by atoms with Crippen molar-refractivity contribution in [2.45, 2.75) is 39.2 Å². The minimum Gasteiger partial charge on any atom is -0.409 e. The first-order valence-electron chi connectivity index (χ1n) is 6.42. The molecule has 0 radical (unpaired) electrons. The number of carbonyl (C=O) groups excluding carboxylic acids is 1. The third-order valence-corrected chi connectivity index (χ3v) is 4.53. The third kappa shape index (κ3) is 2.89. The van der Waals surface area contributed by atoms with Gasteiger partial charge in [-0.25, -0.2) is 0 Å². The van der Waals surface area contributed by atoms with Crippen LogP contribution in [0.5, 0.6) is 0 Å². The van der Waals surface area contributed by atoms with Crippen LogP contribution in [0.2, 0.25) is 0 Å². The summed E-state index contributed by atoms with van der Waals surface area (Å²) < 4.78 is 0. The van der Waals surface area contributed by atoms with E-state index in [1.807, 2.05) is 19.9 Å². The normalized spacial score (nSPS) is 14.8. The molecule has 0 aliphatic heterocycles. The van der Waals surface area contributed by atoms with E-state index < -0.39 is 0 Å². The Hall–Kier alpha value is -1.56. The highest BCUT2D eigenvalue weighted by Crippen LogP contribution is 2.31. The quantitative estimate of drug-likeness (QED) is 0.382. The highest BCUT2D eigenvalue weighted by atomic mass is 32.1. The van der Waals surface area contributed by atoms with Gasteiger partial charge in [0.25, 0.3) is 5.91 Å². The maximum Gasteiger partial charge on any atom is 0.264 e. The van der Waals surface area contributed by atoms with Crippen LogP contribution in [0.1, 0.15) is 40.4 Å². The molecular weight excluding hydrogens is 262 g/mol. The van der Waals surface area contributed by atoms with Crippen LogP contribution in [0.4, 0.5) is 0 Å². The van der Waals surface area contributed by atoms with Gasteiger partial charge in [0.1, 0.15) is 0 Å². The second-order valence-electron chi connectivity index (χ2n) is 5.03. The zero-order valence-electron chi connectivity index (χ0n) is 11.2. The highest BCUT2D eigenvalue weighted by Gasteiger charge is 2.24. The van der Waals surface area contributed by atoms with Gasteiger partial charge in [-0.1, -0.05) is 5.16 Å². The molecule has 1 aromatic heterocycles. The Morgan fingerprint density at radius 3 is 2.89 bits per heavy atom. The van der Waals surface area contributed by atoms with E-state index in [0.29, 0.717) is 0 Å². The second kappa shape index (κ2) is 5.61. The molecule has 0 fully saturated rings. The van der Waals surface area contributed by atoms with Crippen LogP contribution in [0.15, 0.2) is 11.2 Å². The minimum atomic E-state index is -0.0407. The second-order valence-corrected chi connectivity index (χ2v) is 6.17. The van der Waals surface area contributed by atoms with Gasteiger partial charge in [-0.2, -0.15) is 0 Å². The van der Waals surface area contributed by atoms with E-state index in [9.17, 15) is 4.79 Å². The zero-order valence-corrected chi connectivity index (χ0v) is 12.0. The van der Waals surface area contributed by atoms with E-state index in [1.54, 1.807) is 16.2 Å². The van der Waals surface area contributed by atoms with Crippen molar-refractivity contribution in [1.29, 1.82) is 0 Å². The summed E-state index contributed by atoms with van der Waals surface area (Å²) in [6, 6.07) is 2.00. The number of amidine groups is 1. The first-order chi connectivity index (χ1) is 9.02. The first kappa shape index (κ1) is 13.9. The lowest BCUT2D eigenvalue weighted by molar-refractivity contribution is 0.0739. The number of amides is 1. The van der Waals surface area contributed by atoms with Gasteiger partial charge in [0.15, 0.2) is 5.84 Å². The molecule has 0 unspecified atom stereocenters. The molecule has 1 aliphatic rings. The summed E-state index contributed by atoms with van der Waals surface area (Å²) in [7, 11) is 0. The standard InChI is InChI=1S/C13H19N3O2S/c1-8(2)16(7-12(14)15-18)13(17)11-6-9-4-3-5-10(9)19-11/h6,8,18H,3-5,7H2,1-2H3,(H2,14,15). The van der Waals surface area contributed by atoms with Crippen molar-refractivity contribution in [3.8, 4) is 0 Å². The maximum absolute atomic E-state index is 12.5. The molecule has 0 spiro atoms. The monoisotopic (exact) mass is 281 g/mol. The number of fused-ring (bicyclic) bond motifs is 1. The zero-order chi connectivity index (χ0) is 14.0. The summed E-state index contributed by atoms with van der Waals surface area (Å²) in [5.41, 5.74) is 6.82. The summed E-state index contributed by atoms with van der Waals surface area (Å²) in [5.74, 6) is 0.00662. The van der Waals surface area contributed by atoms with Crippen molar-refractivity contribution < 1.29 is 10.0 Å². The number of aryl methyl sites for hydroxylation is 2. The smallest absolute Gasteiger partial charge is 0.264 e. The summed E-state index contributed by atoms with van der Waals surface area (Å²) in [6.45, 7) is 3.99. The van der Waals surface area contributed by atoms with E-state index in [-0.39, 0.29) is 24.3 Å². The number of oxime groups is 1. The number of thiophene rings is 1. The molecule has 6 heteroatoms. The maximum atomic E-state index is 12.5. The van der Waals surface area contributed by atoms with Crippen molar-refractivity contribution >= 4 is 23.1 Å². The van der Waals surface area contributed by atoms with Gasteiger partial charge in [-0.05, 0) is 44.7 Å². The van der Waals surface area contributed by atoms with E-state index in [4.69, 9.17) is 10.9 Å². The fraction of sp³-hybridized carbons (Fsp3) is 0.538. The fourth-order valence-electron chi connectivity index (χ4n) is 2.27. The molecule has 104 valence electrons. The molecule has 19 heavy (non-hydrogen) atoms. The Balaban J connectivity index is 2.18. The van der Waals surface area contributed by atoms with Gasteiger partial charge < -0.3 is 15.8 Å². The molecule has 0 saturated heterocycles. The Morgan fingerprint density at radius 1 is 1.58 bits per heavy atom. The average molecular weight is 281 g/mol. The van der Waals surface area contributed by atoms with Gasteiger partial charge in [0.2, 0.25) is 0 Å². The van der Waals surface area contributed by atoms with Crippen molar-refractivity contribution in [2.75, 3.05) is 6.54 Å². The molecule has 2 rings (SSSR count). The Labute approximate surface area is 116 Å². The van der Waals surface area contributed by atoms with Crippen LogP contribution in [0.25, 0.3) is 0 Å². The van der Waals surface area contributed by atoms with Crippen molar-refractivity contribution in [1.82, 2.24) is 4.90 Å². The van der Waals surface area contributed by atoms with E-state index in [1.165, 1.54) is 16.9 Å². The summed E-state index contributed by atoms with van der Waals surface area (Å²) in [4.78, 5) is 16.2. The van der Waals surface area contributed by atoms with Crippen LogP contribution in [-0.4, -0.2) is 34.4 Å². The van der Waals surface area contributed by atoms with Crippen LogP contribution >= 0.6 is 11.3 Å². The number of nitrogens with zero attached hydrogens (tertiary/aromatic N) is 2. The van der Waals surface area contributed by atoms with Crippen LogP contribution in [0.3, 0.4) is 0 Å². The van der Waals surface area contributed by atoms with Crippen LogP contribution < -0.4 is 5.73 Å². The number of rotatable bonds is 4. The predicted molar refractivity (Wildman–Crippen MR) is 75.9 cm³/mol. The third-order valence-electron chi connectivity index (χ3n) is 3.30. The lowest BCUT2D eigenvalue weighted by atomic mass is 10.2. The lowest BCUT2D eigenvalue weighted by Gasteiger charge is -2.25. The molecule has 0 aromatic carbocycles. The average Bonchev–Trinajstić information content (AvgIpc) is 2.94. The lowest BCUT2D eigenvalue weighted by Crippen LogP contribution is -2.42. The number of nitrogens with two attached hydrogens (primary N) is 1. The predicted octanol–water partition coefficient (Wildman–Crippen LogP) is 1.83. The minimum absolute atomic E-state index is 0.00439.